The first-order chi connectivity index (χ1) is 20.9. The highest BCUT2D eigenvalue weighted by Gasteiger charge is 2.45. The van der Waals surface area contributed by atoms with Crippen LogP contribution in [0.25, 0.3) is 6.08 Å². The van der Waals surface area contributed by atoms with Crippen LogP contribution in [-0.4, -0.2) is 56.0 Å². The van der Waals surface area contributed by atoms with E-state index in [4.69, 9.17) is 4.74 Å². The Morgan fingerprint density at radius 1 is 1.23 bits per heavy atom. The highest BCUT2D eigenvalue weighted by Crippen LogP contribution is 2.53. The maximum atomic E-state index is 12.9. The number of hydrogen-bond acceptors (Lipinski definition) is 9. The molecule has 0 saturated carbocycles. The first-order valence-electron chi connectivity index (χ1n) is 14.9. The molecule has 5 atom stereocenters. The summed E-state index contributed by atoms with van der Waals surface area (Å²) in [5.41, 5.74) is 3.99. The van der Waals surface area contributed by atoms with Gasteiger partial charge in [0.1, 0.15) is 11.9 Å². The second-order valence-corrected chi connectivity index (χ2v) is 14.4. The number of nitrogens with one attached hydrogen (secondary N) is 2. The number of benzene rings is 1. The molecule has 3 N–H and O–H groups in total. The van der Waals surface area contributed by atoms with Gasteiger partial charge in [0, 0.05) is 42.7 Å². The summed E-state index contributed by atoms with van der Waals surface area (Å²) in [4.78, 5) is 30.0. The average molecular weight is 619 g/mol. The highest BCUT2D eigenvalue weighted by molar-refractivity contribution is 8.77. The van der Waals surface area contributed by atoms with Gasteiger partial charge in [-0.3, -0.25) is 14.9 Å². The number of dihydropyridines is 1. The zero-order chi connectivity index (χ0) is 30.0. The maximum absolute atomic E-state index is 12.9. The fourth-order valence-corrected chi connectivity index (χ4v) is 10.4. The molecule has 43 heavy (non-hydrogen) atoms. The number of ketones is 2. The lowest BCUT2D eigenvalue weighted by atomic mass is 9.80. The molecule has 1 aliphatic carbocycles. The predicted molar refractivity (Wildman–Crippen MR) is 173 cm³/mol. The fraction of sp³-hybridized carbons (Fsp3) is 0.424. The molecular weight excluding hydrogens is 581 g/mol. The minimum Gasteiger partial charge on any atom is -0.504 e. The van der Waals surface area contributed by atoms with Crippen LogP contribution in [0.1, 0.15) is 56.1 Å². The Morgan fingerprint density at radius 3 is 2.91 bits per heavy atom. The van der Waals surface area contributed by atoms with Crippen LogP contribution in [0.2, 0.25) is 0 Å². The highest BCUT2D eigenvalue weighted by atomic mass is 33.1. The van der Waals surface area contributed by atoms with E-state index in [9.17, 15) is 14.7 Å². The molecule has 0 amide bonds. The van der Waals surface area contributed by atoms with Gasteiger partial charge < -0.3 is 19.7 Å². The number of aromatic nitrogens is 2. The van der Waals surface area contributed by atoms with Crippen molar-refractivity contribution in [3.8, 4) is 11.5 Å². The molecule has 2 aromatic rings. The molecule has 6 rings (SSSR count). The lowest BCUT2D eigenvalue weighted by Gasteiger charge is -2.46. The van der Waals surface area contributed by atoms with Crippen molar-refractivity contribution in [1.29, 1.82) is 0 Å². The van der Waals surface area contributed by atoms with Crippen LogP contribution in [0.4, 0.5) is 0 Å². The Balaban J connectivity index is 1.55. The summed E-state index contributed by atoms with van der Waals surface area (Å²) in [5.74, 6) is 0.190. The molecule has 1 aromatic carbocycles. The van der Waals surface area contributed by atoms with Gasteiger partial charge in [0.2, 0.25) is 0 Å². The molecule has 10 heteroatoms. The summed E-state index contributed by atoms with van der Waals surface area (Å²) in [7, 11) is 5.35. The molecule has 0 spiro atoms. The van der Waals surface area contributed by atoms with Crippen LogP contribution in [0.15, 0.2) is 72.5 Å². The number of imidazole rings is 1. The van der Waals surface area contributed by atoms with Crippen molar-refractivity contribution in [2.24, 2.45) is 5.92 Å². The second-order valence-electron chi connectivity index (χ2n) is 11.7. The monoisotopic (exact) mass is 618 g/mol. The molecule has 1 aromatic heterocycles. The maximum Gasteiger partial charge on any atom is 0.163 e. The number of phenols is 1. The molecule has 3 aliphatic heterocycles. The summed E-state index contributed by atoms with van der Waals surface area (Å²) in [6.45, 7) is 3.86. The standard InChI is InChI=1S/C33H38N4O4S2/c1-3-21-4-6-24(38)16-25(39)7-5-22-15-30(41-2)29(40)17-27(22)26-8-9-31(21)42-43-33(19-37-13-12-34-20-37)10-11-35-32-28(33)14-23(26)18-36-32/h5,7-9,12-15,17-18,20-21,26,31-32,35-36,40H,3-4,6,10-11,16,19H2,1-2H3. The number of carbonyl (C=O) groups is 2. The number of nitrogens with zero attached hydrogens (tertiary/aromatic N) is 2. The minimum atomic E-state index is -0.219. The van der Waals surface area contributed by atoms with Gasteiger partial charge in [-0.15, -0.1) is 0 Å². The molecule has 4 heterocycles. The minimum absolute atomic E-state index is 0.00285. The Bertz CT molecular complexity index is 1500. The van der Waals surface area contributed by atoms with Gasteiger partial charge in [-0.25, -0.2) is 4.98 Å². The molecule has 5 unspecified atom stereocenters. The Hall–Kier alpha value is -3.21. The summed E-state index contributed by atoms with van der Waals surface area (Å²) in [6, 6.07) is 3.52. The number of allylic oxidation sites excluding steroid dienone is 4. The molecule has 1 fully saturated rings. The van der Waals surface area contributed by atoms with E-state index < -0.39 is 0 Å². The van der Waals surface area contributed by atoms with Crippen molar-refractivity contribution in [3.05, 3.63) is 83.6 Å². The summed E-state index contributed by atoms with van der Waals surface area (Å²) >= 11 is 0. The topological polar surface area (TPSA) is 105 Å². The van der Waals surface area contributed by atoms with Crippen molar-refractivity contribution in [2.75, 3.05) is 13.7 Å². The Labute approximate surface area is 260 Å². The van der Waals surface area contributed by atoms with Crippen LogP contribution in [0, 0.1) is 5.92 Å². The van der Waals surface area contributed by atoms with Crippen molar-refractivity contribution in [3.63, 3.8) is 0 Å². The number of methoxy groups -OCH3 is 1. The largest absolute Gasteiger partial charge is 0.504 e. The third kappa shape index (κ3) is 6.23. The number of aromatic hydroxyl groups is 1. The van der Waals surface area contributed by atoms with Gasteiger partial charge in [0.05, 0.1) is 24.6 Å². The zero-order valence-electron chi connectivity index (χ0n) is 24.5. The van der Waals surface area contributed by atoms with E-state index in [1.54, 1.807) is 18.2 Å². The summed E-state index contributed by atoms with van der Waals surface area (Å²) in [6.07, 6.45) is 20.8. The lowest BCUT2D eigenvalue weighted by Crippen LogP contribution is -2.56. The number of hydrogen-bond donors (Lipinski definition) is 3. The molecule has 226 valence electrons. The molecule has 0 radical (unpaired) electrons. The van der Waals surface area contributed by atoms with Crippen molar-refractivity contribution < 1.29 is 19.4 Å². The van der Waals surface area contributed by atoms with Crippen LogP contribution in [0.5, 0.6) is 11.5 Å². The normalized spacial score (nSPS) is 29.2. The van der Waals surface area contributed by atoms with E-state index in [-0.39, 0.29) is 51.7 Å². The number of Topliss-reactive ketones (excluding diaryl/α,β-unsaturated/α-hetero) is 1. The number of carbonyl (C=O) groups excluding carboxylic acids is 2. The van der Waals surface area contributed by atoms with Crippen LogP contribution >= 0.6 is 21.6 Å². The van der Waals surface area contributed by atoms with Crippen molar-refractivity contribution >= 4 is 39.2 Å². The molecular formula is C33H38N4O4S2. The van der Waals surface area contributed by atoms with E-state index in [1.165, 1.54) is 18.8 Å². The van der Waals surface area contributed by atoms with E-state index in [2.05, 4.69) is 51.5 Å². The Kier molecular flexibility index (Phi) is 8.88. The SMILES string of the molecule is CCC1CCC(=O)CC(=O)C=Cc2cc(OC)c(O)cc2C2C=CC1SSC1(Cn3ccnc3)CCNC3NC=C2C=C31. The number of piperidine rings is 1. The average Bonchev–Trinajstić information content (AvgIpc) is 3.51. The van der Waals surface area contributed by atoms with Crippen LogP contribution in [-0.2, 0) is 16.1 Å². The van der Waals surface area contributed by atoms with E-state index in [0.717, 1.165) is 49.1 Å². The van der Waals surface area contributed by atoms with Gasteiger partial charge in [-0.2, -0.15) is 0 Å². The molecule has 4 aliphatic rings. The first kappa shape index (κ1) is 29.8. The molecule has 1 saturated heterocycles. The summed E-state index contributed by atoms with van der Waals surface area (Å²) in [5, 5.41) is 18.4. The van der Waals surface area contributed by atoms with Crippen LogP contribution in [0.3, 0.4) is 0 Å². The second kappa shape index (κ2) is 12.8. The van der Waals surface area contributed by atoms with E-state index in [1.807, 2.05) is 40.3 Å². The third-order valence-corrected chi connectivity index (χ3v) is 12.6. The predicted octanol–water partition coefficient (Wildman–Crippen LogP) is 5.53. The first-order valence-corrected chi connectivity index (χ1v) is 17.1. The number of phenolic OH excluding ortho intramolecular Hbond substituents is 1. The van der Waals surface area contributed by atoms with E-state index >= 15 is 0 Å². The van der Waals surface area contributed by atoms with Crippen molar-refractivity contribution in [1.82, 2.24) is 20.2 Å². The van der Waals surface area contributed by atoms with E-state index in [0.29, 0.717) is 12.2 Å². The van der Waals surface area contributed by atoms with Crippen molar-refractivity contribution in [2.45, 2.75) is 67.7 Å². The number of fused-ring (bicyclic) bond motifs is 6. The zero-order valence-corrected chi connectivity index (χ0v) is 26.1. The van der Waals surface area contributed by atoms with Gasteiger partial charge in [-0.05, 0) is 65.8 Å². The smallest absolute Gasteiger partial charge is 0.163 e. The Morgan fingerprint density at radius 2 is 2.12 bits per heavy atom. The van der Waals surface area contributed by atoms with Gasteiger partial charge in [0.25, 0.3) is 0 Å². The van der Waals surface area contributed by atoms with Gasteiger partial charge in [-0.1, -0.05) is 59.2 Å². The third-order valence-electron chi connectivity index (χ3n) is 8.94. The van der Waals surface area contributed by atoms with Gasteiger partial charge >= 0.3 is 0 Å². The lowest BCUT2D eigenvalue weighted by molar-refractivity contribution is -0.124. The van der Waals surface area contributed by atoms with Crippen LogP contribution < -0.4 is 15.4 Å². The van der Waals surface area contributed by atoms with Gasteiger partial charge in [0.15, 0.2) is 17.3 Å². The molecule has 4 bridgehead atoms. The molecule has 8 nitrogen and oxygen atoms in total. The quantitative estimate of drug-likeness (QED) is 0.232. The number of rotatable bonds is 4. The number of ether oxygens (including phenoxy) is 1. The summed E-state index contributed by atoms with van der Waals surface area (Å²) < 4.78 is 7.42. The fourth-order valence-electron chi connectivity index (χ4n) is 6.52.